The van der Waals surface area contributed by atoms with E-state index in [4.69, 9.17) is 9.72 Å². The van der Waals surface area contributed by atoms with Crippen LogP contribution in [0.5, 0.6) is 5.88 Å². The van der Waals surface area contributed by atoms with Gasteiger partial charge in [-0.25, -0.2) is 0 Å². The van der Waals surface area contributed by atoms with Crippen molar-refractivity contribution < 1.29 is 29.3 Å². The minimum absolute atomic E-state index is 0.543. The van der Waals surface area contributed by atoms with Crippen molar-refractivity contribution in [3.63, 3.8) is 0 Å². The summed E-state index contributed by atoms with van der Waals surface area (Å²) in [5.74, 6) is 1.50. The Morgan fingerprint density at radius 2 is 1.91 bits per heavy atom. The first kappa shape index (κ1) is 17.0. The van der Waals surface area contributed by atoms with Crippen LogP contribution in [0.2, 0.25) is 0 Å². The average molecular weight is 516 g/mol. The Hall–Kier alpha value is -0.855. The van der Waals surface area contributed by atoms with E-state index in [2.05, 4.69) is 34.0 Å². The fourth-order valence-corrected chi connectivity index (χ4v) is 5.10. The molecule has 0 N–H and O–H groups in total. The molecule has 0 bridgehead atoms. The van der Waals surface area contributed by atoms with Crippen molar-refractivity contribution in [3.05, 3.63) is 42.1 Å². The predicted octanol–water partition coefficient (Wildman–Crippen LogP) is 2.36. The molecular weight excluding hydrogens is 497 g/mol. The number of hydrogen-bond acceptors (Lipinski definition) is 6. The van der Waals surface area contributed by atoms with Gasteiger partial charge in [-0.05, 0) is 0 Å². The summed E-state index contributed by atoms with van der Waals surface area (Å²) >= 11 is 0.584. The van der Waals surface area contributed by atoms with Gasteiger partial charge in [0.15, 0.2) is 0 Å². The topological polar surface area (TPSA) is 41.5 Å². The molecule has 2 heterocycles. The minimum atomic E-state index is 0.543. The molecular formula is C16H19HgN4OS. The summed E-state index contributed by atoms with van der Waals surface area (Å²) in [4.78, 5) is 14.9. The molecule has 1 aromatic heterocycles. The van der Waals surface area contributed by atoms with Gasteiger partial charge >= 0.3 is 156 Å². The van der Waals surface area contributed by atoms with Crippen LogP contribution in [0.1, 0.15) is 5.56 Å². The van der Waals surface area contributed by atoms with Crippen molar-refractivity contribution in [2.75, 3.05) is 38.1 Å². The molecule has 1 saturated heterocycles. The standard InChI is InChI=1S/C16H20N4OS.Hg/c1-19-7-9-20(10-8-19)16-17-11-14(22)15(18-16)21-12-13-5-3-2-4-6-13;/h2-6,11,22H,7-10,12H2,1H3;/q;+1/p-1. The molecule has 23 heavy (non-hydrogen) atoms. The normalized spacial score (nSPS) is 15.7. The molecule has 0 saturated carbocycles. The van der Waals surface area contributed by atoms with Crippen molar-refractivity contribution in [3.8, 4) is 5.88 Å². The van der Waals surface area contributed by atoms with E-state index in [0.29, 0.717) is 31.2 Å². The molecule has 117 valence electrons. The summed E-state index contributed by atoms with van der Waals surface area (Å²) in [6, 6.07) is 10.2. The third-order valence-electron chi connectivity index (χ3n) is 3.87. The number of rotatable bonds is 5. The number of benzene rings is 1. The number of anilines is 1. The van der Waals surface area contributed by atoms with Crippen molar-refractivity contribution in [1.29, 1.82) is 0 Å². The van der Waals surface area contributed by atoms with Crippen molar-refractivity contribution >= 4 is 14.2 Å². The molecule has 0 atom stereocenters. The third kappa shape index (κ3) is 4.58. The summed E-state index contributed by atoms with van der Waals surface area (Å²) in [6.45, 7) is 4.56. The number of piperazine rings is 1. The molecule has 0 radical (unpaired) electrons. The molecule has 1 fully saturated rings. The van der Waals surface area contributed by atoms with E-state index < -0.39 is 0 Å². The van der Waals surface area contributed by atoms with Crippen molar-refractivity contribution in [1.82, 2.24) is 14.9 Å². The first-order valence-electron chi connectivity index (χ1n) is 7.65. The van der Waals surface area contributed by atoms with Gasteiger partial charge in [0, 0.05) is 0 Å². The van der Waals surface area contributed by atoms with E-state index in [1.165, 1.54) is 0 Å². The van der Waals surface area contributed by atoms with Gasteiger partial charge in [0.2, 0.25) is 0 Å². The molecule has 0 amide bonds. The van der Waals surface area contributed by atoms with Crippen LogP contribution >= 0.6 is 8.24 Å². The van der Waals surface area contributed by atoms with Gasteiger partial charge in [0.05, 0.1) is 0 Å². The molecule has 2 aromatic rings. The molecule has 0 unspecified atom stereocenters. The van der Waals surface area contributed by atoms with E-state index in [9.17, 15) is 0 Å². The van der Waals surface area contributed by atoms with Crippen LogP contribution in [0.15, 0.2) is 41.4 Å². The fourth-order valence-electron chi connectivity index (χ4n) is 2.43. The van der Waals surface area contributed by atoms with Gasteiger partial charge in [-0.15, -0.1) is 0 Å². The van der Waals surface area contributed by atoms with Crippen LogP contribution in [0.4, 0.5) is 5.95 Å². The molecule has 1 aromatic carbocycles. The van der Waals surface area contributed by atoms with E-state index in [1.54, 1.807) is 8.24 Å². The van der Waals surface area contributed by atoms with Crippen LogP contribution in [-0.2, 0) is 31.2 Å². The fraction of sp³-hybridized carbons (Fsp3) is 0.375. The van der Waals surface area contributed by atoms with Crippen LogP contribution < -0.4 is 9.64 Å². The van der Waals surface area contributed by atoms with Gasteiger partial charge in [0.25, 0.3) is 0 Å². The zero-order chi connectivity index (χ0) is 16.1. The quantitative estimate of drug-likeness (QED) is 0.570. The molecule has 3 rings (SSSR count). The summed E-state index contributed by atoms with van der Waals surface area (Å²) in [5.41, 5.74) is 1.15. The van der Waals surface area contributed by atoms with Crippen LogP contribution in [0.25, 0.3) is 0 Å². The monoisotopic (exact) mass is 517 g/mol. The van der Waals surface area contributed by atoms with Gasteiger partial charge < -0.3 is 0 Å². The number of hydrogen-bond donors (Lipinski definition) is 0. The third-order valence-corrected chi connectivity index (χ3v) is 8.09. The number of likely N-dealkylation sites (N-methyl/N-ethyl adjacent to an activating group) is 1. The zero-order valence-electron chi connectivity index (χ0n) is 13.3. The second-order valence-corrected chi connectivity index (χ2v) is 9.64. The summed E-state index contributed by atoms with van der Waals surface area (Å²) in [5, 5.41) is 0. The Kier molecular flexibility index (Phi) is 6.13. The molecule has 7 heteroatoms. The maximum absolute atomic E-state index is 5.99. The second kappa shape index (κ2) is 8.30. The van der Waals surface area contributed by atoms with Crippen LogP contribution in [0.3, 0.4) is 0 Å². The Morgan fingerprint density at radius 1 is 1.17 bits per heavy atom. The molecule has 0 aliphatic carbocycles. The van der Waals surface area contributed by atoms with E-state index >= 15 is 0 Å². The summed E-state index contributed by atoms with van der Waals surface area (Å²) in [7, 11) is 3.95. The Bertz CT molecular complexity index is 635. The van der Waals surface area contributed by atoms with Crippen LogP contribution in [0, 0.1) is 0 Å². The van der Waals surface area contributed by atoms with Gasteiger partial charge in [-0.3, -0.25) is 0 Å². The number of nitrogens with zero attached hydrogens (tertiary/aromatic N) is 4. The Labute approximate surface area is 155 Å². The van der Waals surface area contributed by atoms with E-state index in [1.807, 2.05) is 24.4 Å². The number of aromatic nitrogens is 2. The van der Waals surface area contributed by atoms with Gasteiger partial charge in [-0.1, -0.05) is 0 Å². The molecule has 1 aliphatic heterocycles. The molecule has 1 aliphatic rings. The van der Waals surface area contributed by atoms with E-state index in [0.717, 1.165) is 48.5 Å². The average Bonchev–Trinajstić information content (AvgIpc) is 2.61. The Morgan fingerprint density at radius 3 is 2.61 bits per heavy atom. The summed E-state index contributed by atoms with van der Waals surface area (Å²) in [6.07, 6.45) is 1.92. The Balaban J connectivity index is 1.73. The zero-order valence-corrected chi connectivity index (χ0v) is 19.6. The second-order valence-electron chi connectivity index (χ2n) is 5.55. The molecule has 5 nitrogen and oxygen atoms in total. The van der Waals surface area contributed by atoms with E-state index in [-0.39, 0.29) is 0 Å². The van der Waals surface area contributed by atoms with Gasteiger partial charge in [-0.2, -0.15) is 0 Å². The van der Waals surface area contributed by atoms with Gasteiger partial charge in [0.1, 0.15) is 0 Å². The predicted molar refractivity (Wildman–Crippen MR) is 88.4 cm³/mol. The first-order chi connectivity index (χ1) is 11.3. The SMILES string of the molecule is CN1CCN(c2ncc([S][Hg])c(OCc3ccccc3)n2)CC1. The first-order valence-corrected chi connectivity index (χ1v) is 15.4. The number of ether oxygens (including phenoxy) is 1. The summed E-state index contributed by atoms with van der Waals surface area (Å²) < 4.78 is 5.99. The van der Waals surface area contributed by atoms with Crippen LogP contribution in [-0.4, -0.2) is 48.1 Å². The van der Waals surface area contributed by atoms with Crippen molar-refractivity contribution in [2.45, 2.75) is 11.5 Å². The molecule has 0 spiro atoms. The maximum atomic E-state index is 5.99. The van der Waals surface area contributed by atoms with Crippen molar-refractivity contribution in [2.24, 2.45) is 0 Å².